The van der Waals surface area contributed by atoms with E-state index in [2.05, 4.69) is 4.57 Å². The van der Waals surface area contributed by atoms with Crippen LogP contribution in [0.3, 0.4) is 0 Å². The maximum absolute atomic E-state index is 12.9. The van der Waals surface area contributed by atoms with Gasteiger partial charge in [-0.15, -0.1) is 0 Å². The Labute approximate surface area is 206 Å². The van der Waals surface area contributed by atoms with Crippen LogP contribution in [0.1, 0.15) is 22.5 Å². The summed E-state index contributed by atoms with van der Waals surface area (Å²) in [4.78, 5) is 27.0. The largest absolute Gasteiger partial charge is 0.490 e. The van der Waals surface area contributed by atoms with Crippen LogP contribution in [-0.4, -0.2) is 33.8 Å². The molecule has 1 saturated heterocycles. The van der Waals surface area contributed by atoms with E-state index in [9.17, 15) is 9.59 Å². The van der Waals surface area contributed by atoms with Crippen molar-refractivity contribution in [3.63, 3.8) is 0 Å². The zero-order chi connectivity index (χ0) is 23.7. The highest BCUT2D eigenvalue weighted by molar-refractivity contribution is 8.18. The summed E-state index contributed by atoms with van der Waals surface area (Å²) in [5.41, 5.74) is 4.82. The summed E-state index contributed by atoms with van der Waals surface area (Å²) >= 11 is 13.3. The molecular weight excluding hydrogens is 479 g/mol. The second-order valence-electron chi connectivity index (χ2n) is 7.66. The van der Waals surface area contributed by atoms with Crippen molar-refractivity contribution in [3.05, 3.63) is 86.0 Å². The normalized spacial score (nSPS) is 15.1. The minimum atomic E-state index is -0.323. The second kappa shape index (κ2) is 9.67. The zero-order valence-electron chi connectivity index (χ0n) is 18.4. The molecule has 0 spiro atoms. The van der Waals surface area contributed by atoms with Crippen molar-refractivity contribution < 1.29 is 14.3 Å². The monoisotopic (exact) mass is 500 g/mol. The van der Waals surface area contributed by atoms with E-state index in [-0.39, 0.29) is 24.3 Å². The molecule has 0 bridgehead atoms. The highest BCUT2D eigenvalue weighted by Gasteiger charge is 2.35. The maximum Gasteiger partial charge on any atom is 0.293 e. The molecule has 3 aromatic rings. The minimum Gasteiger partial charge on any atom is -0.490 e. The number of nitrogens with zero attached hydrogens (tertiary/aromatic N) is 2. The van der Waals surface area contributed by atoms with Gasteiger partial charge >= 0.3 is 0 Å². The lowest BCUT2D eigenvalue weighted by molar-refractivity contribution is -0.123. The van der Waals surface area contributed by atoms with Crippen LogP contribution >= 0.6 is 35.0 Å². The van der Waals surface area contributed by atoms with Crippen molar-refractivity contribution in [2.24, 2.45) is 0 Å². The van der Waals surface area contributed by atoms with Crippen LogP contribution < -0.4 is 4.74 Å². The van der Waals surface area contributed by atoms with Crippen LogP contribution in [0.4, 0.5) is 4.79 Å². The predicted molar refractivity (Wildman–Crippen MR) is 135 cm³/mol. The first kappa shape index (κ1) is 23.5. The Balaban J connectivity index is 1.53. The number of hydrogen-bond donors (Lipinski definition) is 0. The third kappa shape index (κ3) is 4.69. The molecule has 5 nitrogen and oxygen atoms in total. The van der Waals surface area contributed by atoms with Crippen molar-refractivity contribution in [2.45, 2.75) is 20.8 Å². The van der Waals surface area contributed by atoms with E-state index in [1.807, 2.05) is 51.1 Å². The van der Waals surface area contributed by atoms with Crippen molar-refractivity contribution >= 4 is 52.2 Å². The summed E-state index contributed by atoms with van der Waals surface area (Å²) < 4.78 is 7.74. The number of para-hydroxylation sites is 1. The molecule has 1 aromatic heterocycles. The fourth-order valence-electron chi connectivity index (χ4n) is 3.79. The van der Waals surface area contributed by atoms with E-state index >= 15 is 0 Å². The van der Waals surface area contributed by atoms with Gasteiger partial charge in [-0.25, -0.2) is 0 Å². The van der Waals surface area contributed by atoms with Gasteiger partial charge < -0.3 is 9.30 Å². The number of imide groups is 1. The van der Waals surface area contributed by atoms with Crippen molar-refractivity contribution in [1.82, 2.24) is 9.47 Å². The number of ether oxygens (including phenoxy) is 1. The lowest BCUT2D eigenvalue weighted by atomic mass is 10.2. The molecular formula is C25H22Cl2N2O3S. The van der Waals surface area contributed by atoms with Crippen LogP contribution in [0.2, 0.25) is 10.0 Å². The number of aromatic nitrogens is 1. The third-order valence-electron chi connectivity index (χ3n) is 5.52. The maximum atomic E-state index is 12.9. The Morgan fingerprint density at radius 2 is 1.73 bits per heavy atom. The molecule has 2 aromatic carbocycles. The standard InChI is InChI=1S/C25H22Cl2N2O3S/c1-15-13-18(17(3)29(15)21-9-6-8-19(26)16(21)2)14-23-24(30)28(25(31)33-23)11-12-32-22-10-5-4-7-20(22)27/h4-10,13-14H,11-12H2,1-3H3/b23-14-. The molecule has 1 fully saturated rings. The Bertz CT molecular complexity index is 1280. The van der Waals surface area contributed by atoms with Gasteiger partial charge in [0.05, 0.1) is 16.5 Å². The number of halogens is 2. The SMILES string of the molecule is Cc1c(Cl)cccc1-n1c(C)cc(/C=C2\SC(=O)N(CCOc3ccccc3Cl)C2=O)c1C. The van der Waals surface area contributed by atoms with E-state index in [0.29, 0.717) is 20.7 Å². The van der Waals surface area contributed by atoms with Crippen LogP contribution in [0, 0.1) is 20.8 Å². The highest BCUT2D eigenvalue weighted by Crippen LogP contribution is 2.34. The molecule has 2 heterocycles. The molecule has 8 heteroatoms. The molecule has 170 valence electrons. The Kier molecular flexibility index (Phi) is 6.88. The summed E-state index contributed by atoms with van der Waals surface area (Å²) in [5, 5.41) is 0.868. The highest BCUT2D eigenvalue weighted by atomic mass is 35.5. The van der Waals surface area contributed by atoms with Crippen molar-refractivity contribution in [2.75, 3.05) is 13.2 Å². The van der Waals surface area contributed by atoms with Crippen LogP contribution in [0.15, 0.2) is 53.4 Å². The number of hydrogen-bond acceptors (Lipinski definition) is 4. The number of amides is 2. The Hall–Kier alpha value is -2.67. The summed E-state index contributed by atoms with van der Waals surface area (Å²) in [5.74, 6) is 0.196. The number of thioether (sulfide) groups is 1. The average molecular weight is 501 g/mol. The number of carbonyl (C=O) groups excluding carboxylic acids is 2. The number of rotatable bonds is 6. The lowest BCUT2D eigenvalue weighted by Crippen LogP contribution is -2.32. The molecule has 0 unspecified atom stereocenters. The van der Waals surface area contributed by atoms with Gasteiger partial charge in [0.15, 0.2) is 0 Å². The molecule has 0 radical (unpaired) electrons. The molecule has 0 N–H and O–H groups in total. The first-order valence-electron chi connectivity index (χ1n) is 10.3. The van der Waals surface area contributed by atoms with Gasteiger partial charge in [0.2, 0.25) is 0 Å². The quantitative estimate of drug-likeness (QED) is 0.348. The minimum absolute atomic E-state index is 0.147. The molecule has 0 aliphatic carbocycles. The smallest absolute Gasteiger partial charge is 0.293 e. The summed E-state index contributed by atoms with van der Waals surface area (Å²) in [6.45, 7) is 6.28. The lowest BCUT2D eigenvalue weighted by Gasteiger charge is -2.14. The number of benzene rings is 2. The van der Waals surface area contributed by atoms with Crippen molar-refractivity contribution in [3.8, 4) is 11.4 Å². The van der Waals surface area contributed by atoms with E-state index in [1.165, 1.54) is 4.90 Å². The second-order valence-corrected chi connectivity index (χ2v) is 9.47. The predicted octanol–water partition coefficient (Wildman–Crippen LogP) is 6.82. The Morgan fingerprint density at radius 1 is 1.00 bits per heavy atom. The van der Waals surface area contributed by atoms with E-state index in [4.69, 9.17) is 27.9 Å². The number of aryl methyl sites for hydroxylation is 1. The van der Waals surface area contributed by atoms with E-state index in [1.54, 1.807) is 24.3 Å². The van der Waals surface area contributed by atoms with Crippen LogP contribution in [0.25, 0.3) is 11.8 Å². The fourth-order valence-corrected chi connectivity index (χ4v) is 5.00. The first-order valence-corrected chi connectivity index (χ1v) is 11.9. The molecule has 1 aliphatic heterocycles. The number of carbonyl (C=O) groups is 2. The summed E-state index contributed by atoms with van der Waals surface area (Å²) in [6, 6.07) is 14.9. The molecule has 1 aliphatic rings. The van der Waals surface area contributed by atoms with Gasteiger partial charge in [-0.1, -0.05) is 41.4 Å². The summed E-state index contributed by atoms with van der Waals surface area (Å²) in [7, 11) is 0. The van der Waals surface area contributed by atoms with Crippen LogP contribution in [-0.2, 0) is 4.79 Å². The summed E-state index contributed by atoms with van der Waals surface area (Å²) in [6.07, 6.45) is 1.78. The van der Waals surface area contributed by atoms with E-state index < -0.39 is 0 Å². The van der Waals surface area contributed by atoms with Gasteiger partial charge in [0.25, 0.3) is 11.1 Å². The average Bonchev–Trinajstić information content (AvgIpc) is 3.20. The van der Waals surface area contributed by atoms with Gasteiger partial charge in [-0.2, -0.15) is 0 Å². The van der Waals surface area contributed by atoms with Gasteiger partial charge in [0.1, 0.15) is 12.4 Å². The zero-order valence-corrected chi connectivity index (χ0v) is 20.7. The Morgan fingerprint density at radius 3 is 2.48 bits per heavy atom. The van der Waals surface area contributed by atoms with Gasteiger partial charge in [0, 0.05) is 22.1 Å². The molecule has 2 amide bonds. The topological polar surface area (TPSA) is 51.5 Å². The molecule has 0 saturated carbocycles. The van der Waals surface area contributed by atoms with Crippen LogP contribution in [0.5, 0.6) is 5.75 Å². The molecule has 4 rings (SSSR count). The molecule has 0 atom stereocenters. The van der Waals surface area contributed by atoms with E-state index in [0.717, 1.165) is 40.0 Å². The van der Waals surface area contributed by atoms with Gasteiger partial charge in [-0.3, -0.25) is 14.5 Å². The fraction of sp³-hybridized carbons (Fsp3) is 0.200. The third-order valence-corrected chi connectivity index (χ3v) is 7.15. The molecule has 33 heavy (non-hydrogen) atoms. The van der Waals surface area contributed by atoms with Gasteiger partial charge in [-0.05, 0) is 80.1 Å². The first-order chi connectivity index (χ1) is 15.8. The van der Waals surface area contributed by atoms with Crippen molar-refractivity contribution in [1.29, 1.82) is 0 Å².